The van der Waals surface area contributed by atoms with Crippen molar-refractivity contribution in [2.75, 3.05) is 0 Å². The topological polar surface area (TPSA) is 0 Å². The zero-order chi connectivity index (χ0) is 14.6. The van der Waals surface area contributed by atoms with Gasteiger partial charge in [0.1, 0.15) is 0 Å². The lowest BCUT2D eigenvalue weighted by molar-refractivity contribution is 1.02. The predicted molar refractivity (Wildman–Crippen MR) is 93.2 cm³/mol. The second-order valence-electron chi connectivity index (χ2n) is 6.38. The zero-order valence-electron chi connectivity index (χ0n) is 12.8. The molecule has 0 fully saturated rings. The highest BCUT2D eigenvalue weighted by Gasteiger charge is 2.20. The van der Waals surface area contributed by atoms with Crippen LogP contribution in [0.3, 0.4) is 0 Å². The summed E-state index contributed by atoms with van der Waals surface area (Å²) in [6.07, 6.45) is 2.10. The first-order valence-electron chi connectivity index (χ1n) is 7.30. The first-order valence-corrected chi connectivity index (χ1v) is 10.8. The van der Waals surface area contributed by atoms with Gasteiger partial charge in [-0.1, -0.05) is 86.0 Å². The summed E-state index contributed by atoms with van der Waals surface area (Å²) in [4.78, 5) is 0. The molecule has 0 aliphatic rings. The molecule has 0 nitrogen and oxygen atoms in total. The van der Waals surface area contributed by atoms with Gasteiger partial charge >= 0.3 is 0 Å². The van der Waals surface area contributed by atoms with E-state index in [2.05, 4.69) is 80.8 Å². The van der Waals surface area contributed by atoms with E-state index in [0.29, 0.717) is 0 Å². The lowest BCUT2D eigenvalue weighted by Crippen LogP contribution is -2.39. The van der Waals surface area contributed by atoms with Crippen molar-refractivity contribution in [3.8, 4) is 0 Å². The van der Waals surface area contributed by atoms with Crippen LogP contribution in [0, 0.1) is 0 Å². The number of benzene rings is 2. The Morgan fingerprint density at radius 2 is 1.50 bits per heavy atom. The lowest BCUT2D eigenvalue weighted by Gasteiger charge is -2.22. The van der Waals surface area contributed by atoms with E-state index in [0.717, 1.165) is 12.8 Å². The summed E-state index contributed by atoms with van der Waals surface area (Å²) in [6.45, 7) is 11.5. The minimum absolute atomic E-state index is 1.03. The molecule has 0 bridgehead atoms. The van der Waals surface area contributed by atoms with Crippen molar-refractivity contribution >= 4 is 18.8 Å². The fourth-order valence-electron chi connectivity index (χ4n) is 2.52. The van der Waals surface area contributed by atoms with Gasteiger partial charge in [0.15, 0.2) is 0 Å². The average Bonchev–Trinajstić information content (AvgIpc) is 2.45. The molecule has 0 atom stereocenters. The molecule has 0 aliphatic heterocycles. The predicted octanol–water partition coefficient (Wildman–Crippen LogP) is 4.88. The van der Waals surface area contributed by atoms with Gasteiger partial charge in [0, 0.05) is 0 Å². The Hall–Kier alpha value is -1.60. The maximum Gasteiger partial charge on any atom is 0.0783 e. The van der Waals surface area contributed by atoms with Crippen LogP contribution in [0.25, 0.3) is 5.57 Å². The van der Waals surface area contributed by atoms with Crippen LogP contribution in [0.5, 0.6) is 0 Å². The standard InChI is InChI=1S/C19H24Si/c1-16(14-15-17-10-6-5-7-11-17)18-12-8-9-13-19(18)20(2,3)4/h5-13H,1,14-15H2,2-4H3. The quantitative estimate of drug-likeness (QED) is 0.685. The van der Waals surface area contributed by atoms with Gasteiger partial charge in [-0.25, -0.2) is 0 Å². The molecule has 0 aromatic heterocycles. The molecular weight excluding hydrogens is 256 g/mol. The van der Waals surface area contributed by atoms with Crippen LogP contribution in [0.2, 0.25) is 19.6 Å². The molecule has 0 saturated heterocycles. The molecule has 0 saturated carbocycles. The van der Waals surface area contributed by atoms with E-state index >= 15 is 0 Å². The van der Waals surface area contributed by atoms with Gasteiger partial charge in [0.25, 0.3) is 0 Å². The third-order valence-corrected chi connectivity index (χ3v) is 5.73. The normalized spacial score (nSPS) is 11.3. The number of hydrogen-bond acceptors (Lipinski definition) is 0. The Morgan fingerprint density at radius 3 is 2.15 bits per heavy atom. The summed E-state index contributed by atoms with van der Waals surface area (Å²) in [6, 6.07) is 19.5. The van der Waals surface area contributed by atoms with Crippen LogP contribution < -0.4 is 5.19 Å². The van der Waals surface area contributed by atoms with Crippen molar-refractivity contribution in [1.29, 1.82) is 0 Å². The molecular formula is C19H24Si. The van der Waals surface area contributed by atoms with Gasteiger partial charge in [0.2, 0.25) is 0 Å². The second kappa shape index (κ2) is 6.23. The summed E-state index contributed by atoms with van der Waals surface area (Å²) in [7, 11) is -1.31. The third-order valence-electron chi connectivity index (χ3n) is 3.67. The summed E-state index contributed by atoms with van der Waals surface area (Å²) >= 11 is 0. The molecule has 0 radical (unpaired) electrons. The molecule has 0 spiro atoms. The molecule has 0 heterocycles. The van der Waals surface area contributed by atoms with Crippen molar-refractivity contribution in [2.24, 2.45) is 0 Å². The fourth-order valence-corrected chi connectivity index (χ4v) is 4.18. The third kappa shape index (κ3) is 3.70. The molecule has 0 N–H and O–H groups in total. The molecule has 0 unspecified atom stereocenters. The fraction of sp³-hybridized carbons (Fsp3) is 0.263. The van der Waals surface area contributed by atoms with Crippen LogP contribution in [0.4, 0.5) is 0 Å². The van der Waals surface area contributed by atoms with Gasteiger partial charge in [-0.15, -0.1) is 0 Å². The molecule has 2 aromatic carbocycles. The van der Waals surface area contributed by atoms with Crippen LogP contribution in [-0.2, 0) is 6.42 Å². The monoisotopic (exact) mass is 280 g/mol. The number of rotatable bonds is 5. The summed E-state index contributed by atoms with van der Waals surface area (Å²) in [5, 5.41) is 1.53. The number of aryl methyl sites for hydroxylation is 1. The Bertz CT molecular complexity index is 576. The SMILES string of the molecule is C=C(CCc1ccccc1)c1ccccc1[Si](C)(C)C. The molecule has 104 valence electrons. The maximum absolute atomic E-state index is 4.34. The van der Waals surface area contributed by atoms with E-state index in [9.17, 15) is 0 Å². The first-order chi connectivity index (χ1) is 9.48. The van der Waals surface area contributed by atoms with Crippen molar-refractivity contribution < 1.29 is 0 Å². The summed E-state index contributed by atoms with van der Waals surface area (Å²) in [5.74, 6) is 0. The summed E-state index contributed by atoms with van der Waals surface area (Å²) < 4.78 is 0. The van der Waals surface area contributed by atoms with E-state index in [1.165, 1.54) is 21.9 Å². The van der Waals surface area contributed by atoms with Crippen molar-refractivity contribution in [2.45, 2.75) is 32.5 Å². The van der Waals surface area contributed by atoms with Gasteiger partial charge in [-0.2, -0.15) is 0 Å². The van der Waals surface area contributed by atoms with Crippen LogP contribution in [0.15, 0.2) is 61.2 Å². The van der Waals surface area contributed by atoms with Crippen molar-refractivity contribution in [3.05, 3.63) is 72.3 Å². The minimum Gasteiger partial charge on any atom is -0.0952 e. The maximum atomic E-state index is 4.34. The summed E-state index contributed by atoms with van der Waals surface area (Å²) in [5.41, 5.74) is 4.04. The zero-order valence-corrected chi connectivity index (χ0v) is 13.8. The molecule has 2 rings (SSSR count). The molecule has 1 heteroatoms. The van der Waals surface area contributed by atoms with E-state index in [1.54, 1.807) is 0 Å². The highest BCUT2D eigenvalue weighted by molar-refractivity contribution is 6.89. The molecule has 0 amide bonds. The Kier molecular flexibility index (Phi) is 4.61. The smallest absolute Gasteiger partial charge is 0.0783 e. The van der Waals surface area contributed by atoms with Crippen LogP contribution >= 0.6 is 0 Å². The largest absolute Gasteiger partial charge is 0.0952 e. The molecule has 2 aromatic rings. The van der Waals surface area contributed by atoms with Crippen LogP contribution in [-0.4, -0.2) is 8.07 Å². The highest BCUT2D eigenvalue weighted by Crippen LogP contribution is 2.20. The Balaban J connectivity index is 2.14. The molecule has 20 heavy (non-hydrogen) atoms. The average molecular weight is 280 g/mol. The highest BCUT2D eigenvalue weighted by atomic mass is 28.3. The Labute approximate surface area is 124 Å². The lowest BCUT2D eigenvalue weighted by atomic mass is 10.00. The van der Waals surface area contributed by atoms with E-state index in [-0.39, 0.29) is 0 Å². The number of hydrogen-bond donors (Lipinski definition) is 0. The first kappa shape index (κ1) is 14.8. The van der Waals surface area contributed by atoms with E-state index in [1.807, 2.05) is 0 Å². The van der Waals surface area contributed by atoms with Gasteiger partial charge in [-0.05, 0) is 29.5 Å². The van der Waals surface area contributed by atoms with Crippen molar-refractivity contribution in [3.63, 3.8) is 0 Å². The van der Waals surface area contributed by atoms with E-state index < -0.39 is 8.07 Å². The second-order valence-corrected chi connectivity index (χ2v) is 11.4. The van der Waals surface area contributed by atoms with Crippen LogP contribution in [0.1, 0.15) is 17.5 Å². The van der Waals surface area contributed by atoms with Crippen molar-refractivity contribution in [1.82, 2.24) is 0 Å². The van der Waals surface area contributed by atoms with Gasteiger partial charge in [-0.3, -0.25) is 0 Å². The molecule has 0 aliphatic carbocycles. The minimum atomic E-state index is -1.31. The number of allylic oxidation sites excluding steroid dienone is 1. The Morgan fingerprint density at radius 1 is 0.900 bits per heavy atom. The van der Waals surface area contributed by atoms with Gasteiger partial charge in [0.05, 0.1) is 8.07 Å². The van der Waals surface area contributed by atoms with Gasteiger partial charge < -0.3 is 0 Å². The van der Waals surface area contributed by atoms with E-state index in [4.69, 9.17) is 0 Å².